The molecule has 12 heteroatoms. The average molecular weight is 877 g/mol. The molecule has 0 N–H and O–H groups in total. The van der Waals surface area contributed by atoms with Gasteiger partial charge in [-0.15, -0.1) is 0 Å². The third kappa shape index (κ3) is 9.57. The van der Waals surface area contributed by atoms with E-state index in [-0.39, 0.29) is 56.9 Å². The largest absolute Gasteiger partial charge is 0.416 e. The first-order valence-electron chi connectivity index (χ1n) is 21.8. The maximum absolute atomic E-state index is 14.0. The summed E-state index contributed by atoms with van der Waals surface area (Å²) in [4.78, 5) is 56.0. The van der Waals surface area contributed by atoms with Crippen LogP contribution in [0.1, 0.15) is 124 Å². The molecule has 6 nitrogen and oxygen atoms in total. The van der Waals surface area contributed by atoms with E-state index in [0.717, 1.165) is 88.5 Å². The fourth-order valence-electron chi connectivity index (χ4n) is 8.32. The quantitative estimate of drug-likeness (QED) is 0.0472. The van der Waals surface area contributed by atoms with Crippen LogP contribution in [0.25, 0.3) is 43.1 Å². The van der Waals surface area contributed by atoms with Gasteiger partial charge in [0.25, 0.3) is 22.2 Å². The molecular formula is C52H46F6N2O4. The molecule has 5 aromatic carbocycles. The van der Waals surface area contributed by atoms with Crippen LogP contribution in [0.15, 0.2) is 92.0 Å². The number of halogens is 6. The van der Waals surface area contributed by atoms with Gasteiger partial charge in [0.15, 0.2) is 0 Å². The number of nitrogens with zero attached hydrogens (tertiary/aromatic N) is 2. The molecule has 0 spiro atoms. The Morgan fingerprint density at radius 1 is 0.391 bits per heavy atom. The third-order valence-corrected chi connectivity index (χ3v) is 11.9. The van der Waals surface area contributed by atoms with Crippen LogP contribution < -0.4 is 22.2 Å². The van der Waals surface area contributed by atoms with Gasteiger partial charge in [0.1, 0.15) is 0 Å². The number of alkyl halides is 6. The second-order valence-corrected chi connectivity index (χ2v) is 16.3. The van der Waals surface area contributed by atoms with Crippen molar-refractivity contribution in [1.29, 1.82) is 0 Å². The van der Waals surface area contributed by atoms with Crippen LogP contribution in [-0.4, -0.2) is 9.13 Å². The molecule has 0 unspecified atom stereocenters. The minimum atomic E-state index is -4.57. The lowest BCUT2D eigenvalue weighted by Crippen LogP contribution is -2.25. The zero-order valence-corrected chi connectivity index (χ0v) is 35.6. The fraction of sp³-hybridized carbons (Fsp3) is 0.346. The van der Waals surface area contributed by atoms with Gasteiger partial charge in [-0.2, -0.15) is 26.3 Å². The highest BCUT2D eigenvalue weighted by atomic mass is 19.4. The summed E-state index contributed by atoms with van der Waals surface area (Å²) in [7, 11) is 0. The summed E-state index contributed by atoms with van der Waals surface area (Å²) < 4.78 is 83.1. The van der Waals surface area contributed by atoms with Crippen molar-refractivity contribution >= 4 is 43.1 Å². The molecule has 0 aliphatic carbocycles. The van der Waals surface area contributed by atoms with Crippen molar-refractivity contribution in [3.05, 3.63) is 148 Å². The third-order valence-electron chi connectivity index (χ3n) is 11.9. The Morgan fingerprint density at radius 2 is 0.672 bits per heavy atom. The van der Waals surface area contributed by atoms with E-state index in [9.17, 15) is 45.5 Å². The number of fused-ring (bicyclic) bond motifs is 4. The van der Waals surface area contributed by atoms with Crippen molar-refractivity contribution in [1.82, 2.24) is 9.13 Å². The van der Waals surface area contributed by atoms with Gasteiger partial charge < -0.3 is 0 Å². The Hall–Kier alpha value is -6.40. The molecule has 2 aromatic heterocycles. The van der Waals surface area contributed by atoms with E-state index in [1.54, 1.807) is 0 Å². The van der Waals surface area contributed by atoms with Gasteiger partial charge in [-0.3, -0.25) is 28.3 Å². The van der Waals surface area contributed by atoms with Gasteiger partial charge in [0.2, 0.25) is 0 Å². The highest BCUT2D eigenvalue weighted by molar-refractivity contribution is 6.16. The number of hydrogen-bond acceptors (Lipinski definition) is 4. The Bertz CT molecular complexity index is 2860. The van der Waals surface area contributed by atoms with Gasteiger partial charge >= 0.3 is 12.4 Å². The highest BCUT2D eigenvalue weighted by Gasteiger charge is 2.31. The maximum Gasteiger partial charge on any atom is 0.416 e. The van der Waals surface area contributed by atoms with E-state index in [2.05, 4.69) is 37.5 Å². The highest BCUT2D eigenvalue weighted by Crippen LogP contribution is 2.36. The molecule has 0 radical (unpaired) electrons. The summed E-state index contributed by atoms with van der Waals surface area (Å²) in [5.41, 5.74) is -2.75. The number of hydrogen-bond donors (Lipinski definition) is 0. The van der Waals surface area contributed by atoms with Crippen LogP contribution in [-0.2, 0) is 25.4 Å². The number of benzene rings is 5. The fourth-order valence-corrected chi connectivity index (χ4v) is 8.32. The summed E-state index contributed by atoms with van der Waals surface area (Å²) in [5, 5.41) is 1.80. The number of aromatic nitrogens is 2. The predicted molar refractivity (Wildman–Crippen MR) is 241 cm³/mol. The van der Waals surface area contributed by atoms with Crippen LogP contribution in [0.4, 0.5) is 26.3 Å². The number of unbranched alkanes of at least 4 members (excludes halogenated alkanes) is 10. The van der Waals surface area contributed by atoms with Crippen LogP contribution in [0.5, 0.6) is 0 Å². The monoisotopic (exact) mass is 876 g/mol. The molecule has 0 fully saturated rings. The molecule has 0 amide bonds. The van der Waals surface area contributed by atoms with Crippen molar-refractivity contribution in [2.45, 2.75) is 116 Å². The molecule has 330 valence electrons. The van der Waals surface area contributed by atoms with Crippen molar-refractivity contribution in [3.63, 3.8) is 0 Å². The summed E-state index contributed by atoms with van der Waals surface area (Å²) in [6, 6.07) is 14.7. The summed E-state index contributed by atoms with van der Waals surface area (Å²) >= 11 is 0. The predicted octanol–water partition coefficient (Wildman–Crippen LogP) is 11.8. The minimum Gasteiger partial charge on any atom is -0.274 e. The van der Waals surface area contributed by atoms with E-state index in [1.165, 1.54) is 57.7 Å². The summed E-state index contributed by atoms with van der Waals surface area (Å²) in [6.45, 7) is 4.62. The summed E-state index contributed by atoms with van der Waals surface area (Å²) in [5.74, 6) is 12.1. The van der Waals surface area contributed by atoms with Crippen LogP contribution >= 0.6 is 0 Å². The van der Waals surface area contributed by atoms with E-state index < -0.39 is 45.7 Å². The van der Waals surface area contributed by atoms with E-state index >= 15 is 0 Å². The normalized spacial score (nSPS) is 12.0. The maximum atomic E-state index is 14.0. The topological polar surface area (TPSA) is 78.1 Å². The standard InChI is InChI=1S/C52H46F6N2O4/c1-3-5-7-9-11-13-27-59-47(61)43-29-39-37(25-19-33-15-21-35(22-16-33)51(53,54)55)41-31-45-46(50(64)60(49(45)63)28-14-12-10-8-6-4-2)32-42(41)38(40(39)30-44(43)48(59)62)26-20-34-17-23-36(24-18-34)52(56,57)58/h15-18,21-24,29-32H,3-14,27-28H2,1-2H3. The zero-order valence-electron chi connectivity index (χ0n) is 35.6. The molecule has 0 saturated heterocycles. The van der Waals surface area contributed by atoms with E-state index in [1.807, 2.05) is 0 Å². The summed E-state index contributed by atoms with van der Waals surface area (Å²) in [6.07, 6.45) is 2.04. The van der Waals surface area contributed by atoms with Gasteiger partial charge in [-0.25, -0.2) is 0 Å². The Balaban J connectivity index is 1.50. The van der Waals surface area contributed by atoms with Gasteiger partial charge in [0.05, 0.1) is 32.7 Å². The van der Waals surface area contributed by atoms with Gasteiger partial charge in [0, 0.05) is 56.9 Å². The van der Waals surface area contributed by atoms with Crippen molar-refractivity contribution in [2.75, 3.05) is 0 Å². The van der Waals surface area contributed by atoms with Gasteiger partial charge in [-0.05, 0) is 85.6 Å². The second-order valence-electron chi connectivity index (χ2n) is 16.3. The van der Waals surface area contributed by atoms with Crippen molar-refractivity contribution < 1.29 is 26.3 Å². The lowest BCUT2D eigenvalue weighted by Gasteiger charge is -2.12. The Morgan fingerprint density at radius 3 is 0.953 bits per heavy atom. The molecule has 0 aliphatic rings. The van der Waals surface area contributed by atoms with E-state index in [4.69, 9.17) is 0 Å². The van der Waals surface area contributed by atoms with Crippen molar-refractivity contribution in [2.24, 2.45) is 0 Å². The Kier molecular flexibility index (Phi) is 13.6. The average Bonchev–Trinajstić information content (AvgIpc) is 3.64. The van der Waals surface area contributed by atoms with Crippen LogP contribution in [0.2, 0.25) is 0 Å². The first-order chi connectivity index (χ1) is 30.6. The lowest BCUT2D eigenvalue weighted by atomic mass is 9.89. The minimum absolute atomic E-state index is 0.111. The van der Waals surface area contributed by atoms with Gasteiger partial charge in [-0.1, -0.05) is 102 Å². The molecule has 7 aromatic rings. The Labute approximate surface area is 365 Å². The molecule has 2 heterocycles. The molecule has 0 aliphatic heterocycles. The number of rotatable bonds is 14. The SMILES string of the molecule is CCCCCCCCn1c(=O)c2cc3c(C#Cc4ccc(C(F)(F)F)cc4)c4cc5c(=O)n(CCCCCCCC)c(=O)c5cc4c(C#Cc4ccc(C(F)(F)F)cc4)c3cc2c1=O. The molecule has 0 bridgehead atoms. The van der Waals surface area contributed by atoms with Crippen LogP contribution in [0.3, 0.4) is 0 Å². The van der Waals surface area contributed by atoms with Crippen molar-refractivity contribution in [3.8, 4) is 23.7 Å². The first-order valence-corrected chi connectivity index (χ1v) is 21.8. The first kappa shape index (κ1) is 45.6. The molecule has 64 heavy (non-hydrogen) atoms. The molecule has 0 atom stereocenters. The second kappa shape index (κ2) is 19.1. The van der Waals surface area contributed by atoms with Crippen LogP contribution in [0, 0.1) is 23.7 Å². The smallest absolute Gasteiger partial charge is 0.274 e. The van der Waals surface area contributed by atoms with E-state index in [0.29, 0.717) is 34.4 Å². The molecule has 0 saturated carbocycles. The zero-order chi connectivity index (χ0) is 45.8. The molecule has 7 rings (SSSR count). The molecular weight excluding hydrogens is 831 g/mol. The lowest BCUT2D eigenvalue weighted by molar-refractivity contribution is -0.138.